The molecule has 4 heteroatoms. The van der Waals surface area contributed by atoms with Gasteiger partial charge < -0.3 is 9.72 Å². The Kier molecular flexibility index (Phi) is 3.36. The molecule has 0 bridgehead atoms. The van der Waals surface area contributed by atoms with Crippen LogP contribution in [0.4, 0.5) is 0 Å². The number of rotatable bonds is 2. The van der Waals surface area contributed by atoms with E-state index in [1.165, 1.54) is 0 Å². The third-order valence-corrected chi connectivity index (χ3v) is 3.71. The number of aromatic nitrogens is 1. The van der Waals surface area contributed by atoms with Gasteiger partial charge in [0, 0.05) is 41.8 Å². The van der Waals surface area contributed by atoms with Crippen LogP contribution in [0.2, 0.25) is 0 Å². The van der Waals surface area contributed by atoms with Crippen molar-refractivity contribution in [2.45, 2.75) is 13.5 Å². The Morgan fingerprint density at radius 2 is 2.00 bits per heavy atom. The average Bonchev–Trinajstić information content (AvgIpc) is 2.45. The Bertz CT molecular complexity index is 642. The van der Waals surface area contributed by atoms with Gasteiger partial charge in [-0.15, -0.1) is 0 Å². The maximum absolute atomic E-state index is 12.5. The summed E-state index contributed by atoms with van der Waals surface area (Å²) in [4.78, 5) is 18.1. The Balaban J connectivity index is 2.00. The molecular formula is C15H18N2O2. The van der Waals surface area contributed by atoms with Crippen LogP contribution in [-0.2, 0) is 11.3 Å². The van der Waals surface area contributed by atoms with Gasteiger partial charge in [0.15, 0.2) is 5.43 Å². The second kappa shape index (κ2) is 5.15. The molecule has 0 spiro atoms. The topological polar surface area (TPSA) is 45.3 Å². The lowest BCUT2D eigenvalue weighted by atomic mass is 10.1. The van der Waals surface area contributed by atoms with E-state index in [9.17, 15) is 4.79 Å². The van der Waals surface area contributed by atoms with E-state index in [2.05, 4.69) is 9.88 Å². The summed E-state index contributed by atoms with van der Waals surface area (Å²) in [6.07, 6.45) is 0. The Morgan fingerprint density at radius 1 is 1.26 bits per heavy atom. The van der Waals surface area contributed by atoms with Gasteiger partial charge in [-0.2, -0.15) is 0 Å². The highest BCUT2D eigenvalue weighted by atomic mass is 16.5. The van der Waals surface area contributed by atoms with Crippen molar-refractivity contribution in [3.63, 3.8) is 0 Å². The molecular weight excluding hydrogens is 240 g/mol. The number of para-hydroxylation sites is 1. The lowest BCUT2D eigenvalue weighted by Crippen LogP contribution is -2.37. The highest BCUT2D eigenvalue weighted by Crippen LogP contribution is 2.13. The molecule has 1 aromatic carbocycles. The van der Waals surface area contributed by atoms with Crippen molar-refractivity contribution in [1.29, 1.82) is 0 Å². The van der Waals surface area contributed by atoms with E-state index in [4.69, 9.17) is 4.74 Å². The molecule has 0 atom stereocenters. The van der Waals surface area contributed by atoms with Gasteiger partial charge in [0.2, 0.25) is 0 Å². The van der Waals surface area contributed by atoms with Crippen molar-refractivity contribution < 1.29 is 4.74 Å². The summed E-state index contributed by atoms with van der Waals surface area (Å²) in [5.74, 6) is 0. The fourth-order valence-corrected chi connectivity index (χ4v) is 2.57. The first-order chi connectivity index (χ1) is 9.25. The molecule has 0 amide bonds. The number of benzene rings is 1. The zero-order valence-electron chi connectivity index (χ0n) is 11.1. The molecule has 1 fully saturated rings. The fourth-order valence-electron chi connectivity index (χ4n) is 2.57. The van der Waals surface area contributed by atoms with Gasteiger partial charge in [0.1, 0.15) is 0 Å². The predicted octanol–water partition coefficient (Wildman–Crippen LogP) is 1.67. The molecule has 100 valence electrons. The number of H-pyrrole nitrogens is 1. The summed E-state index contributed by atoms with van der Waals surface area (Å²) in [6, 6.07) is 7.68. The Labute approximate surface area is 112 Å². The Hall–Kier alpha value is -1.65. The van der Waals surface area contributed by atoms with Gasteiger partial charge in [0.05, 0.1) is 13.2 Å². The molecule has 0 radical (unpaired) electrons. The summed E-state index contributed by atoms with van der Waals surface area (Å²) in [5, 5.41) is 0.774. The van der Waals surface area contributed by atoms with Crippen molar-refractivity contribution in [1.82, 2.24) is 9.88 Å². The molecule has 2 heterocycles. The van der Waals surface area contributed by atoms with E-state index < -0.39 is 0 Å². The molecule has 19 heavy (non-hydrogen) atoms. The number of aromatic amines is 1. The lowest BCUT2D eigenvalue weighted by Gasteiger charge is -2.26. The van der Waals surface area contributed by atoms with E-state index >= 15 is 0 Å². The number of aryl methyl sites for hydroxylation is 1. The SMILES string of the molecule is Cc1[nH]c2ccccc2c(=O)c1CN1CCOCC1. The molecule has 0 aliphatic carbocycles. The molecule has 1 aliphatic heterocycles. The number of fused-ring (bicyclic) bond motifs is 1. The standard InChI is InChI=1S/C15H18N2O2/c1-11-13(10-17-6-8-19-9-7-17)15(18)12-4-2-3-5-14(12)16-11/h2-5H,6-10H2,1H3,(H,16,18). The molecule has 1 N–H and O–H groups in total. The quantitative estimate of drug-likeness (QED) is 0.891. The third-order valence-electron chi connectivity index (χ3n) is 3.71. The fraction of sp³-hybridized carbons (Fsp3) is 0.400. The molecule has 1 saturated heterocycles. The van der Waals surface area contributed by atoms with E-state index in [1.54, 1.807) is 0 Å². The van der Waals surface area contributed by atoms with Crippen LogP contribution in [0.25, 0.3) is 10.9 Å². The largest absolute Gasteiger partial charge is 0.379 e. The number of pyridine rings is 1. The van der Waals surface area contributed by atoms with Crippen LogP contribution in [0.3, 0.4) is 0 Å². The van der Waals surface area contributed by atoms with Crippen molar-refractivity contribution >= 4 is 10.9 Å². The number of morpholine rings is 1. The molecule has 0 saturated carbocycles. The Morgan fingerprint density at radius 3 is 2.79 bits per heavy atom. The highest BCUT2D eigenvalue weighted by Gasteiger charge is 2.15. The summed E-state index contributed by atoms with van der Waals surface area (Å²) in [6.45, 7) is 5.98. The first-order valence-electron chi connectivity index (χ1n) is 6.66. The minimum Gasteiger partial charge on any atom is -0.379 e. The van der Waals surface area contributed by atoms with Gasteiger partial charge in [-0.1, -0.05) is 12.1 Å². The zero-order chi connectivity index (χ0) is 13.2. The molecule has 1 aliphatic rings. The summed E-state index contributed by atoms with van der Waals surface area (Å²) in [7, 11) is 0. The number of hydrogen-bond acceptors (Lipinski definition) is 3. The van der Waals surface area contributed by atoms with Crippen LogP contribution in [0.15, 0.2) is 29.1 Å². The van der Waals surface area contributed by atoms with Crippen LogP contribution in [-0.4, -0.2) is 36.2 Å². The van der Waals surface area contributed by atoms with Gasteiger partial charge in [-0.3, -0.25) is 9.69 Å². The smallest absolute Gasteiger partial charge is 0.194 e. The molecule has 4 nitrogen and oxygen atoms in total. The van der Waals surface area contributed by atoms with Crippen LogP contribution in [0, 0.1) is 6.92 Å². The molecule has 3 rings (SSSR count). The van der Waals surface area contributed by atoms with E-state index in [0.29, 0.717) is 6.54 Å². The normalized spacial score (nSPS) is 16.9. The first-order valence-corrected chi connectivity index (χ1v) is 6.66. The second-order valence-electron chi connectivity index (χ2n) is 4.99. The second-order valence-corrected chi connectivity index (χ2v) is 4.99. The van der Waals surface area contributed by atoms with Crippen molar-refractivity contribution in [2.24, 2.45) is 0 Å². The van der Waals surface area contributed by atoms with E-state index in [1.807, 2.05) is 31.2 Å². The average molecular weight is 258 g/mol. The lowest BCUT2D eigenvalue weighted by molar-refractivity contribution is 0.0339. The maximum atomic E-state index is 12.5. The van der Waals surface area contributed by atoms with Crippen LogP contribution < -0.4 is 5.43 Å². The maximum Gasteiger partial charge on any atom is 0.194 e. The van der Waals surface area contributed by atoms with Gasteiger partial charge in [-0.05, 0) is 19.1 Å². The number of ether oxygens (including phenoxy) is 1. The minimum absolute atomic E-state index is 0.151. The molecule has 0 unspecified atom stereocenters. The predicted molar refractivity (Wildman–Crippen MR) is 75.4 cm³/mol. The van der Waals surface area contributed by atoms with Crippen LogP contribution >= 0.6 is 0 Å². The summed E-state index contributed by atoms with van der Waals surface area (Å²) in [5.41, 5.74) is 2.91. The number of nitrogens with one attached hydrogen (secondary N) is 1. The van der Waals surface area contributed by atoms with E-state index in [0.717, 1.165) is 48.5 Å². The van der Waals surface area contributed by atoms with E-state index in [-0.39, 0.29) is 5.43 Å². The summed E-state index contributed by atoms with van der Waals surface area (Å²) < 4.78 is 5.34. The van der Waals surface area contributed by atoms with Crippen molar-refractivity contribution in [3.05, 3.63) is 45.7 Å². The number of hydrogen-bond donors (Lipinski definition) is 1. The highest BCUT2D eigenvalue weighted by molar-refractivity contribution is 5.79. The first kappa shape index (κ1) is 12.4. The molecule has 1 aromatic heterocycles. The van der Waals surface area contributed by atoms with Gasteiger partial charge >= 0.3 is 0 Å². The monoisotopic (exact) mass is 258 g/mol. The molecule has 2 aromatic rings. The van der Waals surface area contributed by atoms with Crippen molar-refractivity contribution in [2.75, 3.05) is 26.3 Å². The van der Waals surface area contributed by atoms with Gasteiger partial charge in [0.25, 0.3) is 0 Å². The zero-order valence-corrected chi connectivity index (χ0v) is 11.1. The van der Waals surface area contributed by atoms with Gasteiger partial charge in [-0.25, -0.2) is 0 Å². The van der Waals surface area contributed by atoms with Crippen molar-refractivity contribution in [3.8, 4) is 0 Å². The summed E-state index contributed by atoms with van der Waals surface area (Å²) >= 11 is 0. The number of nitrogens with zero attached hydrogens (tertiary/aromatic N) is 1. The third kappa shape index (κ3) is 2.41. The van der Waals surface area contributed by atoms with Crippen LogP contribution in [0.5, 0.6) is 0 Å². The minimum atomic E-state index is 0.151. The van der Waals surface area contributed by atoms with Crippen LogP contribution in [0.1, 0.15) is 11.3 Å².